The molecule has 0 rings (SSSR count). The van der Waals surface area contributed by atoms with Crippen molar-refractivity contribution in [3.63, 3.8) is 0 Å². The van der Waals surface area contributed by atoms with Gasteiger partial charge >= 0.3 is 5.97 Å². The van der Waals surface area contributed by atoms with Crippen LogP contribution in [-0.2, 0) is 9.53 Å². The van der Waals surface area contributed by atoms with Crippen LogP contribution in [-0.4, -0.2) is 23.3 Å². The minimum atomic E-state index is -0.936. The number of hydrogen-bond donors (Lipinski definition) is 1. The number of ether oxygens (including phenoxy) is 1. The van der Waals surface area contributed by atoms with Gasteiger partial charge in [0, 0.05) is 0 Å². The zero-order valence-corrected chi connectivity index (χ0v) is 9.45. The quantitative estimate of drug-likeness (QED) is 0.509. The van der Waals surface area contributed by atoms with E-state index in [2.05, 4.69) is 6.92 Å². The molecule has 3 heteroatoms. The Morgan fingerprint density at radius 3 is 2.43 bits per heavy atom. The van der Waals surface area contributed by atoms with Crippen LogP contribution in [0.3, 0.4) is 0 Å². The molecule has 0 aromatic rings. The second kappa shape index (κ2) is 7.80. The molecule has 0 unspecified atom stereocenters. The first-order valence-corrected chi connectivity index (χ1v) is 5.46. The molecule has 0 spiro atoms. The fourth-order valence-electron chi connectivity index (χ4n) is 1.19. The van der Waals surface area contributed by atoms with Gasteiger partial charge in [-0.2, -0.15) is 0 Å². The summed E-state index contributed by atoms with van der Waals surface area (Å²) in [5, 5.41) is 9.39. The summed E-state index contributed by atoms with van der Waals surface area (Å²) in [6, 6.07) is 0. The van der Waals surface area contributed by atoms with E-state index < -0.39 is 12.1 Å². The van der Waals surface area contributed by atoms with Gasteiger partial charge in [0.15, 0.2) is 6.10 Å². The Morgan fingerprint density at radius 1 is 1.29 bits per heavy atom. The van der Waals surface area contributed by atoms with E-state index in [0.717, 1.165) is 25.7 Å². The molecule has 0 heterocycles. The molecule has 1 N–H and O–H groups in total. The van der Waals surface area contributed by atoms with E-state index in [-0.39, 0.29) is 6.10 Å². The van der Waals surface area contributed by atoms with Gasteiger partial charge in [0.05, 0.1) is 6.10 Å². The van der Waals surface area contributed by atoms with E-state index in [0.29, 0.717) is 6.42 Å². The average Bonchev–Trinajstić information content (AvgIpc) is 2.11. The van der Waals surface area contributed by atoms with Crippen molar-refractivity contribution in [1.82, 2.24) is 0 Å². The van der Waals surface area contributed by atoms with Gasteiger partial charge in [0.2, 0.25) is 0 Å². The highest BCUT2D eigenvalue weighted by Crippen LogP contribution is 2.07. The third kappa shape index (κ3) is 6.89. The third-order valence-electron chi connectivity index (χ3n) is 1.96. The molecule has 0 aliphatic rings. The maximum atomic E-state index is 11.1. The lowest BCUT2D eigenvalue weighted by Crippen LogP contribution is -2.25. The molecule has 1 atom stereocenters. The highest BCUT2D eigenvalue weighted by atomic mass is 16.6. The number of carbonyl (C=O) groups excluding carboxylic acids is 1. The molecule has 0 bridgehead atoms. The van der Waals surface area contributed by atoms with Gasteiger partial charge in [0.25, 0.3) is 0 Å². The largest absolute Gasteiger partial charge is 0.461 e. The Labute approximate surface area is 86.5 Å². The van der Waals surface area contributed by atoms with Gasteiger partial charge in [0.1, 0.15) is 0 Å². The van der Waals surface area contributed by atoms with Crippen molar-refractivity contribution in [3.05, 3.63) is 0 Å². The first-order valence-electron chi connectivity index (χ1n) is 5.46. The SMILES string of the molecule is CCCCCC[C@@H](O)C(=O)OC(C)C. The predicted molar refractivity (Wildman–Crippen MR) is 56.0 cm³/mol. The Kier molecular flexibility index (Phi) is 7.48. The molecular formula is C11H22O3. The third-order valence-corrected chi connectivity index (χ3v) is 1.96. The second-order valence-electron chi connectivity index (χ2n) is 3.85. The molecule has 0 amide bonds. The van der Waals surface area contributed by atoms with E-state index in [1.165, 1.54) is 0 Å². The van der Waals surface area contributed by atoms with Crippen molar-refractivity contribution in [3.8, 4) is 0 Å². The number of esters is 1. The van der Waals surface area contributed by atoms with E-state index in [1.807, 2.05) is 0 Å². The molecule has 84 valence electrons. The summed E-state index contributed by atoms with van der Waals surface area (Å²) in [5.41, 5.74) is 0. The van der Waals surface area contributed by atoms with Crippen molar-refractivity contribution in [1.29, 1.82) is 0 Å². The number of unbranched alkanes of at least 4 members (excludes halogenated alkanes) is 3. The van der Waals surface area contributed by atoms with Crippen LogP contribution in [0.2, 0.25) is 0 Å². The molecule has 14 heavy (non-hydrogen) atoms. The number of carbonyl (C=O) groups is 1. The Hall–Kier alpha value is -0.570. The summed E-state index contributed by atoms with van der Waals surface area (Å²) in [5.74, 6) is -0.489. The minimum absolute atomic E-state index is 0.146. The summed E-state index contributed by atoms with van der Waals surface area (Å²) >= 11 is 0. The maximum Gasteiger partial charge on any atom is 0.335 e. The van der Waals surface area contributed by atoms with Crippen LogP contribution in [0.5, 0.6) is 0 Å². The van der Waals surface area contributed by atoms with E-state index >= 15 is 0 Å². The van der Waals surface area contributed by atoms with Crippen LogP contribution in [0.4, 0.5) is 0 Å². The molecule has 0 saturated heterocycles. The highest BCUT2D eigenvalue weighted by Gasteiger charge is 2.16. The van der Waals surface area contributed by atoms with Crippen LogP contribution in [0.1, 0.15) is 52.9 Å². The monoisotopic (exact) mass is 202 g/mol. The topological polar surface area (TPSA) is 46.5 Å². The molecule has 0 aliphatic carbocycles. The van der Waals surface area contributed by atoms with Gasteiger partial charge in [-0.25, -0.2) is 4.79 Å². The van der Waals surface area contributed by atoms with Gasteiger partial charge in [-0.15, -0.1) is 0 Å². The number of hydrogen-bond acceptors (Lipinski definition) is 3. The van der Waals surface area contributed by atoms with Crippen LogP contribution in [0, 0.1) is 0 Å². The highest BCUT2D eigenvalue weighted by molar-refractivity contribution is 5.74. The van der Waals surface area contributed by atoms with Gasteiger partial charge in [-0.3, -0.25) is 0 Å². The van der Waals surface area contributed by atoms with Gasteiger partial charge < -0.3 is 9.84 Å². The van der Waals surface area contributed by atoms with Crippen LogP contribution < -0.4 is 0 Å². The molecule has 0 radical (unpaired) electrons. The fourth-order valence-corrected chi connectivity index (χ4v) is 1.19. The summed E-state index contributed by atoms with van der Waals surface area (Å²) < 4.78 is 4.88. The van der Waals surface area contributed by atoms with E-state index in [9.17, 15) is 9.90 Å². The Balaban J connectivity index is 3.52. The first kappa shape index (κ1) is 13.4. The molecule has 0 aromatic heterocycles. The van der Waals surface area contributed by atoms with Gasteiger partial charge in [-0.1, -0.05) is 32.6 Å². The molecular weight excluding hydrogens is 180 g/mol. The molecule has 0 aliphatic heterocycles. The maximum absolute atomic E-state index is 11.1. The second-order valence-corrected chi connectivity index (χ2v) is 3.85. The zero-order chi connectivity index (χ0) is 11.0. The summed E-state index contributed by atoms with van der Waals surface area (Å²) in [4.78, 5) is 11.1. The molecule has 3 nitrogen and oxygen atoms in total. The van der Waals surface area contributed by atoms with E-state index in [1.54, 1.807) is 13.8 Å². The van der Waals surface area contributed by atoms with Crippen LogP contribution in [0.25, 0.3) is 0 Å². The van der Waals surface area contributed by atoms with E-state index in [4.69, 9.17) is 4.74 Å². The first-order chi connectivity index (χ1) is 6.57. The number of rotatable bonds is 7. The zero-order valence-electron chi connectivity index (χ0n) is 9.45. The average molecular weight is 202 g/mol. The van der Waals surface area contributed by atoms with Crippen molar-refractivity contribution >= 4 is 5.97 Å². The normalized spacial score (nSPS) is 12.9. The smallest absolute Gasteiger partial charge is 0.335 e. The summed E-state index contributed by atoms with van der Waals surface area (Å²) in [6.07, 6.45) is 3.72. The lowest BCUT2D eigenvalue weighted by Gasteiger charge is -2.12. The van der Waals surface area contributed by atoms with Crippen molar-refractivity contribution in [2.24, 2.45) is 0 Å². The Bertz CT molecular complexity index is 155. The molecule has 0 saturated carbocycles. The molecule has 0 aromatic carbocycles. The lowest BCUT2D eigenvalue weighted by molar-refractivity contribution is -0.157. The van der Waals surface area contributed by atoms with Crippen LogP contribution in [0.15, 0.2) is 0 Å². The summed E-state index contributed by atoms with van der Waals surface area (Å²) in [7, 11) is 0. The Morgan fingerprint density at radius 2 is 1.93 bits per heavy atom. The minimum Gasteiger partial charge on any atom is -0.461 e. The lowest BCUT2D eigenvalue weighted by atomic mass is 10.1. The fraction of sp³-hybridized carbons (Fsp3) is 0.909. The summed E-state index contributed by atoms with van der Waals surface area (Å²) in [6.45, 7) is 5.69. The van der Waals surface area contributed by atoms with Gasteiger partial charge in [-0.05, 0) is 20.3 Å². The number of aliphatic hydroxyl groups is 1. The van der Waals surface area contributed by atoms with Crippen molar-refractivity contribution in [2.45, 2.75) is 65.1 Å². The number of aliphatic hydroxyl groups excluding tert-OH is 1. The predicted octanol–water partition coefficient (Wildman–Crippen LogP) is 2.27. The standard InChI is InChI=1S/C11H22O3/c1-4-5-6-7-8-10(12)11(13)14-9(2)3/h9-10,12H,4-8H2,1-3H3/t10-/m1/s1. The van der Waals surface area contributed by atoms with Crippen molar-refractivity contribution in [2.75, 3.05) is 0 Å². The molecule has 0 fully saturated rings. The van der Waals surface area contributed by atoms with Crippen molar-refractivity contribution < 1.29 is 14.6 Å². The van der Waals surface area contributed by atoms with Crippen LogP contribution >= 0.6 is 0 Å².